The first-order valence-corrected chi connectivity index (χ1v) is 11.2. The molecule has 0 aliphatic carbocycles. The number of carbonyl (C=O) groups is 3. The van der Waals surface area contributed by atoms with E-state index < -0.39 is 12.1 Å². The van der Waals surface area contributed by atoms with Crippen LogP contribution in [0.1, 0.15) is 13.8 Å². The number of amides is 4. The summed E-state index contributed by atoms with van der Waals surface area (Å²) in [6.07, 6.45) is 0. The molecule has 0 aromatic heterocycles. The molecule has 4 rings (SSSR count). The van der Waals surface area contributed by atoms with Crippen molar-refractivity contribution in [2.75, 3.05) is 44.7 Å². The van der Waals surface area contributed by atoms with Crippen LogP contribution >= 0.6 is 11.9 Å². The van der Waals surface area contributed by atoms with Gasteiger partial charge in [0.2, 0.25) is 0 Å². The van der Waals surface area contributed by atoms with Crippen LogP contribution < -0.4 is 19.7 Å². The van der Waals surface area contributed by atoms with Crippen LogP contribution in [0.4, 0.5) is 10.5 Å². The lowest BCUT2D eigenvalue weighted by Crippen LogP contribution is -2.58. The molecule has 2 fully saturated rings. The first-order valence-electron chi connectivity index (χ1n) is 10.4. The van der Waals surface area contributed by atoms with Gasteiger partial charge in [0.25, 0.3) is 11.8 Å². The van der Waals surface area contributed by atoms with Gasteiger partial charge in [-0.15, -0.1) is 0 Å². The minimum atomic E-state index is -0.696. The summed E-state index contributed by atoms with van der Waals surface area (Å²) in [6.45, 7) is 6.73. The minimum Gasteiger partial charge on any atom is -0.497 e. The number of imide groups is 1. The Balaban J connectivity index is 1.43. The van der Waals surface area contributed by atoms with Crippen molar-refractivity contribution in [3.8, 4) is 5.75 Å². The Morgan fingerprint density at radius 3 is 2.65 bits per heavy atom. The van der Waals surface area contributed by atoms with Crippen molar-refractivity contribution in [2.24, 2.45) is 5.92 Å². The van der Waals surface area contributed by atoms with E-state index in [4.69, 9.17) is 4.74 Å². The summed E-state index contributed by atoms with van der Waals surface area (Å²) in [5.74, 6) is 0.485. The SMILES string of the molecule is COc1cccc(N2CCN(C(=O)C3=C4NC(=O)N(CC(C)C)C(=O)C4NS3)CC2)c1. The number of anilines is 1. The number of nitrogens with zero attached hydrogens (tertiary/aromatic N) is 3. The molecule has 2 saturated heterocycles. The fraction of sp³-hybridized carbons (Fsp3) is 0.476. The number of ether oxygens (including phenoxy) is 1. The van der Waals surface area contributed by atoms with Gasteiger partial charge >= 0.3 is 6.03 Å². The number of rotatable bonds is 5. The molecular formula is C21H27N5O4S. The maximum Gasteiger partial charge on any atom is 0.328 e. The zero-order valence-electron chi connectivity index (χ0n) is 17.9. The second-order valence-corrected chi connectivity index (χ2v) is 9.00. The highest BCUT2D eigenvalue weighted by Gasteiger charge is 2.45. The van der Waals surface area contributed by atoms with Crippen molar-refractivity contribution in [1.29, 1.82) is 0 Å². The Labute approximate surface area is 185 Å². The lowest BCUT2D eigenvalue weighted by Gasteiger charge is -2.36. The molecule has 1 aromatic carbocycles. The van der Waals surface area contributed by atoms with Gasteiger partial charge in [0.1, 0.15) is 16.7 Å². The van der Waals surface area contributed by atoms with Crippen LogP contribution in [0.15, 0.2) is 34.9 Å². The third-order valence-corrected chi connectivity index (χ3v) is 6.49. The van der Waals surface area contributed by atoms with Gasteiger partial charge in [-0.05, 0) is 30.0 Å². The summed E-state index contributed by atoms with van der Waals surface area (Å²) < 4.78 is 8.31. The number of fused-ring (bicyclic) bond motifs is 1. The summed E-state index contributed by atoms with van der Waals surface area (Å²) in [4.78, 5) is 44.0. The van der Waals surface area contributed by atoms with Crippen molar-refractivity contribution < 1.29 is 19.1 Å². The van der Waals surface area contributed by atoms with E-state index in [1.54, 1.807) is 12.0 Å². The van der Waals surface area contributed by atoms with E-state index in [0.717, 1.165) is 23.4 Å². The number of hydrogen-bond acceptors (Lipinski definition) is 7. The van der Waals surface area contributed by atoms with Crippen molar-refractivity contribution >= 4 is 35.5 Å². The van der Waals surface area contributed by atoms with Crippen LogP contribution in [-0.2, 0) is 9.59 Å². The minimum absolute atomic E-state index is 0.161. The van der Waals surface area contributed by atoms with Crippen LogP contribution in [0.2, 0.25) is 0 Å². The van der Waals surface area contributed by atoms with E-state index in [1.807, 2.05) is 38.1 Å². The van der Waals surface area contributed by atoms with Gasteiger partial charge in [0, 0.05) is 44.5 Å². The third-order valence-electron chi connectivity index (χ3n) is 5.54. The van der Waals surface area contributed by atoms with E-state index in [0.29, 0.717) is 43.3 Å². The van der Waals surface area contributed by atoms with Crippen LogP contribution in [0, 0.1) is 5.92 Å². The quantitative estimate of drug-likeness (QED) is 0.662. The fourth-order valence-corrected chi connectivity index (χ4v) is 4.87. The summed E-state index contributed by atoms with van der Waals surface area (Å²) in [7, 11) is 1.64. The second-order valence-electron chi connectivity index (χ2n) is 8.15. The Bertz CT molecular complexity index is 926. The van der Waals surface area contributed by atoms with Gasteiger partial charge < -0.3 is 19.9 Å². The van der Waals surface area contributed by atoms with Crippen molar-refractivity contribution in [2.45, 2.75) is 19.9 Å². The zero-order chi connectivity index (χ0) is 22.1. The van der Waals surface area contributed by atoms with E-state index in [-0.39, 0.29) is 17.7 Å². The number of carbonyl (C=O) groups excluding carboxylic acids is 3. The van der Waals surface area contributed by atoms with Crippen molar-refractivity contribution in [3.05, 3.63) is 34.9 Å². The van der Waals surface area contributed by atoms with Crippen LogP contribution in [-0.4, -0.2) is 73.5 Å². The molecule has 166 valence electrons. The molecule has 4 amide bonds. The Hall–Kier alpha value is -2.72. The molecule has 0 spiro atoms. The summed E-state index contributed by atoms with van der Waals surface area (Å²) >= 11 is 1.12. The van der Waals surface area contributed by atoms with E-state index in [1.165, 1.54) is 4.90 Å². The average molecular weight is 446 g/mol. The predicted octanol–water partition coefficient (Wildman–Crippen LogP) is 1.38. The lowest BCUT2D eigenvalue weighted by molar-refractivity contribution is -0.130. The molecule has 3 heterocycles. The molecule has 0 bridgehead atoms. The van der Waals surface area contributed by atoms with Gasteiger partial charge in [-0.2, -0.15) is 0 Å². The molecule has 1 unspecified atom stereocenters. The van der Waals surface area contributed by atoms with Gasteiger partial charge in [-0.3, -0.25) is 14.5 Å². The molecule has 10 heteroatoms. The maximum absolute atomic E-state index is 13.2. The highest BCUT2D eigenvalue weighted by Crippen LogP contribution is 2.32. The normalized spacial score (nSPS) is 21.5. The molecule has 1 atom stereocenters. The molecule has 2 N–H and O–H groups in total. The number of nitrogens with one attached hydrogen (secondary N) is 2. The third kappa shape index (κ3) is 4.22. The van der Waals surface area contributed by atoms with Crippen LogP contribution in [0.3, 0.4) is 0 Å². The first-order chi connectivity index (χ1) is 14.9. The number of urea groups is 1. The molecule has 9 nitrogen and oxygen atoms in total. The molecule has 3 aliphatic heterocycles. The number of benzene rings is 1. The van der Waals surface area contributed by atoms with Crippen molar-refractivity contribution in [1.82, 2.24) is 19.8 Å². The smallest absolute Gasteiger partial charge is 0.328 e. The summed E-state index contributed by atoms with van der Waals surface area (Å²) in [5.41, 5.74) is 1.43. The van der Waals surface area contributed by atoms with Crippen molar-refractivity contribution in [3.63, 3.8) is 0 Å². The van der Waals surface area contributed by atoms with E-state index >= 15 is 0 Å². The molecular weight excluding hydrogens is 418 g/mol. The first kappa shape index (κ1) is 21.5. The largest absolute Gasteiger partial charge is 0.497 e. The van der Waals surface area contributed by atoms with Crippen LogP contribution in [0.25, 0.3) is 0 Å². The van der Waals surface area contributed by atoms with Gasteiger partial charge in [-0.1, -0.05) is 19.9 Å². The highest BCUT2D eigenvalue weighted by molar-refractivity contribution is 8.02. The van der Waals surface area contributed by atoms with Gasteiger partial charge in [0.15, 0.2) is 0 Å². The molecule has 1 aromatic rings. The maximum atomic E-state index is 13.2. The van der Waals surface area contributed by atoms with E-state index in [9.17, 15) is 14.4 Å². The summed E-state index contributed by atoms with van der Waals surface area (Å²) in [6, 6.07) is 6.69. The lowest BCUT2D eigenvalue weighted by atomic mass is 10.1. The molecule has 0 saturated carbocycles. The molecule has 3 aliphatic rings. The fourth-order valence-electron chi connectivity index (χ4n) is 3.92. The molecule has 31 heavy (non-hydrogen) atoms. The van der Waals surface area contributed by atoms with E-state index in [2.05, 4.69) is 14.9 Å². The summed E-state index contributed by atoms with van der Waals surface area (Å²) in [5, 5.41) is 2.77. The standard InChI is InChI=1S/C21H27N5O4S/c1-13(2)12-26-19(27)17-16(22-21(26)29)18(31-23-17)20(28)25-9-7-24(8-10-25)14-5-4-6-15(11-14)30-3/h4-6,11,13,17,23H,7-10,12H2,1-3H3,(H,22,29). The zero-order valence-corrected chi connectivity index (χ0v) is 18.7. The van der Waals surface area contributed by atoms with Crippen LogP contribution in [0.5, 0.6) is 5.75 Å². The average Bonchev–Trinajstić information content (AvgIpc) is 3.20. The Morgan fingerprint density at radius 1 is 1.23 bits per heavy atom. The Morgan fingerprint density at radius 2 is 1.97 bits per heavy atom. The number of piperazine rings is 1. The highest BCUT2D eigenvalue weighted by atomic mass is 32.2. The monoisotopic (exact) mass is 445 g/mol. The number of hydrogen-bond donors (Lipinski definition) is 2. The Kier molecular flexibility index (Phi) is 6.10. The number of methoxy groups -OCH3 is 1. The predicted molar refractivity (Wildman–Crippen MR) is 118 cm³/mol. The molecule has 0 radical (unpaired) electrons. The van der Waals surface area contributed by atoms with Gasteiger partial charge in [-0.25, -0.2) is 9.52 Å². The topological polar surface area (TPSA) is 94.2 Å². The van der Waals surface area contributed by atoms with Gasteiger partial charge in [0.05, 0.1) is 12.8 Å². The second kappa shape index (κ2) is 8.80.